The van der Waals surface area contributed by atoms with E-state index in [1.165, 1.54) is 12.8 Å². The van der Waals surface area contributed by atoms with Gasteiger partial charge in [0.25, 0.3) is 0 Å². The first kappa shape index (κ1) is 13.8. The second kappa shape index (κ2) is 5.56. The van der Waals surface area contributed by atoms with E-state index in [-0.39, 0.29) is 5.69 Å². The minimum Gasteiger partial charge on any atom is -0.370 e. The van der Waals surface area contributed by atoms with E-state index in [9.17, 15) is 4.39 Å². The minimum atomic E-state index is -0.490. The normalized spacial score (nSPS) is 22.9. The minimum absolute atomic E-state index is 0.119. The van der Waals surface area contributed by atoms with E-state index in [2.05, 4.69) is 16.8 Å². The Morgan fingerprint density at radius 1 is 1.37 bits per heavy atom. The zero-order chi connectivity index (χ0) is 14.0. The smallest absolute Gasteiger partial charge is 0.176 e. The molecule has 19 heavy (non-hydrogen) atoms. The van der Waals surface area contributed by atoms with Gasteiger partial charge in [-0.2, -0.15) is 5.26 Å². The number of pyridine rings is 1. The summed E-state index contributed by atoms with van der Waals surface area (Å²) < 4.78 is 13.9. The van der Waals surface area contributed by atoms with Crippen LogP contribution in [0.15, 0.2) is 6.20 Å². The van der Waals surface area contributed by atoms with Crippen molar-refractivity contribution in [3.05, 3.63) is 23.3 Å². The maximum Gasteiger partial charge on any atom is 0.176 e. The van der Waals surface area contributed by atoms with E-state index < -0.39 is 5.82 Å². The summed E-state index contributed by atoms with van der Waals surface area (Å²) in [6.07, 6.45) is 6.34. The maximum absolute atomic E-state index is 13.9. The van der Waals surface area contributed by atoms with Crippen molar-refractivity contribution >= 4 is 5.69 Å². The Labute approximate surface area is 114 Å². The lowest BCUT2D eigenvalue weighted by Crippen LogP contribution is -2.35. The van der Waals surface area contributed by atoms with Crippen LogP contribution in [0.1, 0.15) is 43.9 Å². The Morgan fingerprint density at radius 3 is 2.58 bits per heavy atom. The average Bonchev–Trinajstić information content (AvgIpc) is 2.42. The summed E-state index contributed by atoms with van der Waals surface area (Å²) in [6, 6.07) is 2.23. The molecule has 1 aromatic rings. The Bertz CT molecular complexity index is 499. The van der Waals surface area contributed by atoms with Crippen LogP contribution in [-0.2, 0) is 0 Å². The first-order chi connectivity index (χ1) is 9.04. The van der Waals surface area contributed by atoms with Gasteiger partial charge in [0.1, 0.15) is 6.07 Å². The lowest BCUT2D eigenvalue weighted by atomic mass is 9.86. The van der Waals surface area contributed by atoms with E-state index in [4.69, 9.17) is 5.26 Å². The Morgan fingerprint density at radius 2 is 2.00 bits per heavy atom. The molecule has 0 radical (unpaired) electrons. The van der Waals surface area contributed by atoms with Crippen molar-refractivity contribution in [3.8, 4) is 6.07 Å². The molecule has 4 heteroatoms. The fourth-order valence-corrected chi connectivity index (χ4v) is 2.83. The molecule has 0 bridgehead atoms. The predicted molar refractivity (Wildman–Crippen MR) is 73.5 cm³/mol. The van der Waals surface area contributed by atoms with Crippen LogP contribution in [-0.4, -0.2) is 18.1 Å². The standard InChI is InChI=1S/C15H20FN3/c1-10-4-6-12(7-5-10)19(3)14-9-18-13(8-17)15(16)11(14)2/h9-10,12H,4-7H2,1-3H3. The summed E-state index contributed by atoms with van der Waals surface area (Å²) in [5, 5.41) is 8.78. The van der Waals surface area contributed by atoms with Crippen molar-refractivity contribution < 1.29 is 4.39 Å². The van der Waals surface area contributed by atoms with Crippen LogP contribution in [0.2, 0.25) is 0 Å². The van der Waals surface area contributed by atoms with E-state index in [0.717, 1.165) is 24.4 Å². The zero-order valence-corrected chi connectivity index (χ0v) is 11.8. The first-order valence-electron chi connectivity index (χ1n) is 6.82. The van der Waals surface area contributed by atoms with Gasteiger partial charge in [0, 0.05) is 18.7 Å². The molecule has 1 heterocycles. The van der Waals surface area contributed by atoms with Gasteiger partial charge in [-0.3, -0.25) is 0 Å². The molecule has 3 nitrogen and oxygen atoms in total. The third-order valence-electron chi connectivity index (χ3n) is 4.26. The zero-order valence-electron chi connectivity index (χ0n) is 11.8. The molecule has 0 aromatic carbocycles. The van der Waals surface area contributed by atoms with Crippen LogP contribution in [0.25, 0.3) is 0 Å². The molecule has 0 atom stereocenters. The molecule has 1 aromatic heterocycles. The molecule has 0 N–H and O–H groups in total. The van der Waals surface area contributed by atoms with Gasteiger partial charge in [0.2, 0.25) is 0 Å². The molecule has 1 aliphatic carbocycles. The molecule has 1 aliphatic rings. The van der Waals surface area contributed by atoms with Crippen molar-refractivity contribution in [2.45, 2.75) is 45.6 Å². The van der Waals surface area contributed by atoms with Crippen LogP contribution >= 0.6 is 0 Å². The van der Waals surface area contributed by atoms with Gasteiger partial charge in [-0.15, -0.1) is 0 Å². The Kier molecular flexibility index (Phi) is 4.04. The molecular formula is C15H20FN3. The number of hydrogen-bond donors (Lipinski definition) is 0. The molecule has 0 spiro atoms. The molecular weight excluding hydrogens is 241 g/mol. The fraction of sp³-hybridized carbons (Fsp3) is 0.600. The number of nitrogens with zero attached hydrogens (tertiary/aromatic N) is 3. The van der Waals surface area contributed by atoms with Crippen LogP contribution in [0.3, 0.4) is 0 Å². The highest BCUT2D eigenvalue weighted by Crippen LogP contribution is 2.31. The molecule has 1 saturated carbocycles. The summed E-state index contributed by atoms with van der Waals surface area (Å²) in [5.74, 6) is 0.303. The summed E-state index contributed by atoms with van der Waals surface area (Å²) in [6.45, 7) is 4.00. The van der Waals surface area contributed by atoms with Gasteiger partial charge in [0.05, 0.1) is 11.9 Å². The van der Waals surface area contributed by atoms with Crippen molar-refractivity contribution in [1.82, 2.24) is 4.98 Å². The quantitative estimate of drug-likeness (QED) is 0.819. The molecule has 0 aliphatic heterocycles. The fourth-order valence-electron chi connectivity index (χ4n) is 2.83. The number of hydrogen-bond acceptors (Lipinski definition) is 3. The van der Waals surface area contributed by atoms with E-state index in [1.807, 2.05) is 7.05 Å². The maximum atomic E-state index is 13.9. The number of aromatic nitrogens is 1. The third kappa shape index (κ3) is 2.70. The van der Waals surface area contributed by atoms with E-state index >= 15 is 0 Å². The van der Waals surface area contributed by atoms with Crippen LogP contribution in [0, 0.1) is 30.0 Å². The molecule has 2 rings (SSSR count). The predicted octanol–water partition coefficient (Wildman–Crippen LogP) is 3.42. The van der Waals surface area contributed by atoms with Gasteiger partial charge < -0.3 is 4.90 Å². The second-order valence-corrected chi connectivity index (χ2v) is 5.57. The van der Waals surface area contributed by atoms with Crippen LogP contribution < -0.4 is 4.90 Å². The highest BCUT2D eigenvalue weighted by molar-refractivity contribution is 5.54. The van der Waals surface area contributed by atoms with E-state index in [1.54, 1.807) is 19.2 Å². The van der Waals surface area contributed by atoms with Gasteiger partial charge in [-0.05, 0) is 38.5 Å². The highest BCUT2D eigenvalue weighted by atomic mass is 19.1. The second-order valence-electron chi connectivity index (χ2n) is 5.57. The van der Waals surface area contributed by atoms with Crippen LogP contribution in [0.5, 0.6) is 0 Å². The molecule has 0 amide bonds. The third-order valence-corrected chi connectivity index (χ3v) is 4.26. The molecule has 102 valence electrons. The Hall–Kier alpha value is -1.63. The summed E-state index contributed by atoms with van der Waals surface area (Å²) in [4.78, 5) is 6.03. The lowest BCUT2D eigenvalue weighted by Gasteiger charge is -2.35. The average molecular weight is 261 g/mol. The number of anilines is 1. The SMILES string of the molecule is Cc1c(N(C)C2CCC(C)CC2)cnc(C#N)c1F. The van der Waals surface area contributed by atoms with E-state index in [0.29, 0.717) is 11.6 Å². The van der Waals surface area contributed by atoms with Crippen molar-refractivity contribution in [2.75, 3.05) is 11.9 Å². The summed E-state index contributed by atoms with van der Waals surface area (Å²) in [7, 11) is 2.00. The van der Waals surface area contributed by atoms with Gasteiger partial charge in [-0.25, -0.2) is 9.37 Å². The number of rotatable bonds is 2. The van der Waals surface area contributed by atoms with Crippen molar-refractivity contribution in [3.63, 3.8) is 0 Å². The number of nitriles is 1. The van der Waals surface area contributed by atoms with Crippen molar-refractivity contribution in [2.24, 2.45) is 5.92 Å². The summed E-state index contributed by atoms with van der Waals surface area (Å²) in [5.41, 5.74) is 1.20. The van der Waals surface area contributed by atoms with Crippen LogP contribution in [0.4, 0.5) is 10.1 Å². The highest BCUT2D eigenvalue weighted by Gasteiger charge is 2.24. The first-order valence-corrected chi connectivity index (χ1v) is 6.82. The van der Waals surface area contributed by atoms with Gasteiger partial charge in [0.15, 0.2) is 11.5 Å². The number of halogens is 1. The Balaban J connectivity index is 2.22. The largest absolute Gasteiger partial charge is 0.370 e. The van der Waals surface area contributed by atoms with Gasteiger partial charge >= 0.3 is 0 Å². The lowest BCUT2D eigenvalue weighted by molar-refractivity contribution is 0.340. The van der Waals surface area contributed by atoms with Crippen molar-refractivity contribution in [1.29, 1.82) is 5.26 Å². The van der Waals surface area contributed by atoms with Gasteiger partial charge in [-0.1, -0.05) is 6.92 Å². The summed E-state index contributed by atoms with van der Waals surface area (Å²) >= 11 is 0. The monoisotopic (exact) mass is 261 g/mol. The topological polar surface area (TPSA) is 39.9 Å². The molecule has 0 unspecified atom stereocenters. The molecule has 1 fully saturated rings. The molecule has 0 saturated heterocycles.